The SMILES string of the molecule is CC(C)c1ccccc1-c1ncc2ncc(Cc3ccc(-c4nc(C(F)(F)F)cn4C)cc3)n2n1. The molecule has 5 aromatic rings. The van der Waals surface area contributed by atoms with Crippen LogP contribution >= 0.6 is 0 Å². The summed E-state index contributed by atoms with van der Waals surface area (Å²) < 4.78 is 42.2. The molecule has 0 atom stereocenters. The van der Waals surface area contributed by atoms with Crippen molar-refractivity contribution in [2.45, 2.75) is 32.4 Å². The summed E-state index contributed by atoms with van der Waals surface area (Å²) in [5.74, 6) is 1.23. The Hall–Kier alpha value is -4.01. The largest absolute Gasteiger partial charge is 0.434 e. The highest BCUT2D eigenvalue weighted by Crippen LogP contribution is 2.31. The van der Waals surface area contributed by atoms with Crippen LogP contribution < -0.4 is 0 Å². The molecule has 0 aliphatic rings. The number of aryl methyl sites for hydroxylation is 1. The molecule has 0 saturated carbocycles. The number of halogens is 3. The number of aromatic nitrogens is 6. The summed E-state index contributed by atoms with van der Waals surface area (Å²) in [6, 6.07) is 15.4. The number of rotatable bonds is 5. The van der Waals surface area contributed by atoms with E-state index in [1.807, 2.05) is 30.3 Å². The van der Waals surface area contributed by atoms with E-state index in [1.165, 1.54) is 10.1 Å². The lowest BCUT2D eigenvalue weighted by molar-refractivity contribution is -0.140. The van der Waals surface area contributed by atoms with E-state index >= 15 is 0 Å². The van der Waals surface area contributed by atoms with Gasteiger partial charge < -0.3 is 4.57 Å². The van der Waals surface area contributed by atoms with Gasteiger partial charge in [-0.05, 0) is 17.0 Å². The molecule has 3 heterocycles. The van der Waals surface area contributed by atoms with Crippen molar-refractivity contribution < 1.29 is 13.2 Å². The zero-order valence-electron chi connectivity index (χ0n) is 19.5. The van der Waals surface area contributed by atoms with Gasteiger partial charge in [0.25, 0.3) is 0 Å². The van der Waals surface area contributed by atoms with E-state index in [4.69, 9.17) is 5.10 Å². The Morgan fingerprint density at radius 1 is 0.943 bits per heavy atom. The molecule has 0 fully saturated rings. The van der Waals surface area contributed by atoms with E-state index in [0.717, 1.165) is 23.0 Å². The molecule has 0 saturated heterocycles. The highest BCUT2D eigenvalue weighted by atomic mass is 19.4. The molecule has 6 nitrogen and oxygen atoms in total. The lowest BCUT2D eigenvalue weighted by Gasteiger charge is -2.11. The minimum Gasteiger partial charge on any atom is -0.333 e. The lowest BCUT2D eigenvalue weighted by Crippen LogP contribution is -2.05. The molecule has 0 radical (unpaired) electrons. The van der Waals surface area contributed by atoms with Crippen LogP contribution in [0.15, 0.2) is 67.1 Å². The van der Waals surface area contributed by atoms with Crippen molar-refractivity contribution in [2.24, 2.45) is 7.05 Å². The molecule has 5 rings (SSSR count). The second kappa shape index (κ2) is 8.65. The van der Waals surface area contributed by atoms with Gasteiger partial charge in [-0.15, -0.1) is 5.10 Å². The Morgan fingerprint density at radius 3 is 2.37 bits per heavy atom. The zero-order valence-corrected chi connectivity index (χ0v) is 19.5. The van der Waals surface area contributed by atoms with Crippen molar-refractivity contribution in [1.82, 2.24) is 29.1 Å². The zero-order chi connectivity index (χ0) is 24.7. The fourth-order valence-electron chi connectivity index (χ4n) is 4.14. The van der Waals surface area contributed by atoms with Crippen LogP contribution in [-0.2, 0) is 19.6 Å². The fraction of sp³-hybridized carbons (Fsp3) is 0.231. The van der Waals surface area contributed by atoms with Gasteiger partial charge in [-0.3, -0.25) is 0 Å². The Kier molecular flexibility index (Phi) is 5.62. The van der Waals surface area contributed by atoms with Crippen molar-refractivity contribution >= 4 is 5.65 Å². The molecule has 0 aliphatic carbocycles. The second-order valence-electron chi connectivity index (χ2n) is 8.78. The summed E-state index contributed by atoms with van der Waals surface area (Å²) in [6.45, 7) is 4.27. The van der Waals surface area contributed by atoms with Crippen molar-refractivity contribution in [3.63, 3.8) is 0 Å². The first-order valence-corrected chi connectivity index (χ1v) is 11.2. The molecule has 2 aromatic carbocycles. The molecule has 0 N–H and O–H groups in total. The average molecular weight is 477 g/mol. The minimum absolute atomic E-state index is 0.264. The van der Waals surface area contributed by atoms with E-state index in [1.54, 1.807) is 36.1 Å². The van der Waals surface area contributed by atoms with Crippen LogP contribution in [0.2, 0.25) is 0 Å². The van der Waals surface area contributed by atoms with E-state index in [9.17, 15) is 13.2 Å². The first-order chi connectivity index (χ1) is 16.7. The first-order valence-electron chi connectivity index (χ1n) is 11.2. The Labute approximate surface area is 200 Å². The molecule has 0 amide bonds. The summed E-state index contributed by atoms with van der Waals surface area (Å²) >= 11 is 0. The third-order valence-corrected chi connectivity index (χ3v) is 5.92. The summed E-state index contributed by atoms with van der Waals surface area (Å²) in [5.41, 5.74) is 4.38. The van der Waals surface area contributed by atoms with E-state index in [-0.39, 0.29) is 5.82 Å². The number of hydrogen-bond acceptors (Lipinski definition) is 4. The molecule has 9 heteroatoms. The van der Waals surface area contributed by atoms with Crippen LogP contribution in [0.5, 0.6) is 0 Å². The number of benzene rings is 2. The van der Waals surface area contributed by atoms with Gasteiger partial charge in [-0.2, -0.15) is 13.2 Å². The van der Waals surface area contributed by atoms with Crippen LogP contribution in [0.3, 0.4) is 0 Å². The van der Waals surface area contributed by atoms with Gasteiger partial charge in [0.1, 0.15) is 5.82 Å². The minimum atomic E-state index is -4.48. The van der Waals surface area contributed by atoms with Crippen LogP contribution in [0.4, 0.5) is 13.2 Å². The topological polar surface area (TPSA) is 60.9 Å². The van der Waals surface area contributed by atoms with Crippen LogP contribution in [0.25, 0.3) is 28.4 Å². The lowest BCUT2D eigenvalue weighted by atomic mass is 9.97. The summed E-state index contributed by atoms with van der Waals surface area (Å²) in [4.78, 5) is 12.7. The van der Waals surface area contributed by atoms with Crippen LogP contribution in [-0.4, -0.2) is 29.1 Å². The molecule has 0 bridgehead atoms. The number of imidazole rings is 2. The Balaban J connectivity index is 1.44. The molecule has 35 heavy (non-hydrogen) atoms. The maximum Gasteiger partial charge on any atom is 0.434 e. The number of fused-ring (bicyclic) bond motifs is 1. The molecular formula is C26H23F3N6. The van der Waals surface area contributed by atoms with Gasteiger partial charge in [0.15, 0.2) is 17.2 Å². The van der Waals surface area contributed by atoms with Gasteiger partial charge in [-0.1, -0.05) is 62.4 Å². The summed E-state index contributed by atoms with van der Waals surface area (Å²) in [6.07, 6.45) is 0.555. The highest BCUT2D eigenvalue weighted by Gasteiger charge is 2.34. The summed E-state index contributed by atoms with van der Waals surface area (Å²) in [5, 5.41) is 4.77. The third-order valence-electron chi connectivity index (χ3n) is 5.92. The molecule has 0 unspecified atom stereocenters. The first kappa shape index (κ1) is 22.8. The van der Waals surface area contributed by atoms with Gasteiger partial charge in [0.05, 0.1) is 18.1 Å². The van der Waals surface area contributed by atoms with Gasteiger partial charge in [-0.25, -0.2) is 19.5 Å². The van der Waals surface area contributed by atoms with Crippen LogP contribution in [0, 0.1) is 0 Å². The second-order valence-corrected chi connectivity index (χ2v) is 8.78. The molecule has 3 aromatic heterocycles. The number of nitrogens with zero attached hydrogens (tertiary/aromatic N) is 6. The molecule has 0 spiro atoms. The fourth-order valence-corrected chi connectivity index (χ4v) is 4.14. The highest BCUT2D eigenvalue weighted by molar-refractivity contribution is 5.61. The summed E-state index contributed by atoms with van der Waals surface area (Å²) in [7, 11) is 1.55. The quantitative estimate of drug-likeness (QED) is 0.316. The van der Waals surface area contributed by atoms with E-state index < -0.39 is 11.9 Å². The van der Waals surface area contributed by atoms with E-state index in [0.29, 0.717) is 29.4 Å². The van der Waals surface area contributed by atoms with Crippen molar-refractivity contribution in [3.05, 3.63) is 89.6 Å². The monoisotopic (exact) mass is 476 g/mol. The van der Waals surface area contributed by atoms with Crippen molar-refractivity contribution in [1.29, 1.82) is 0 Å². The third kappa shape index (κ3) is 4.41. The number of alkyl halides is 3. The van der Waals surface area contributed by atoms with Crippen molar-refractivity contribution in [2.75, 3.05) is 0 Å². The molecule has 178 valence electrons. The Morgan fingerprint density at radius 2 is 1.69 bits per heavy atom. The smallest absolute Gasteiger partial charge is 0.333 e. The van der Waals surface area contributed by atoms with Gasteiger partial charge >= 0.3 is 6.18 Å². The predicted octanol–water partition coefficient (Wildman–Crippen LogP) is 5.92. The number of hydrogen-bond donors (Lipinski definition) is 0. The van der Waals surface area contributed by atoms with Gasteiger partial charge in [0.2, 0.25) is 0 Å². The molecule has 0 aliphatic heterocycles. The predicted molar refractivity (Wildman–Crippen MR) is 127 cm³/mol. The Bertz CT molecular complexity index is 1500. The molecular weight excluding hydrogens is 453 g/mol. The normalized spacial score (nSPS) is 12.1. The van der Waals surface area contributed by atoms with E-state index in [2.05, 4.69) is 34.9 Å². The maximum atomic E-state index is 13.0. The van der Waals surface area contributed by atoms with Crippen molar-refractivity contribution in [3.8, 4) is 22.8 Å². The van der Waals surface area contributed by atoms with Gasteiger partial charge in [0, 0.05) is 30.8 Å². The standard InChI is InChI=1S/C26H23F3N6/c1-16(2)20-6-4-5-7-21(20)24-31-14-23-30-13-19(35(23)33-24)12-17-8-10-18(11-9-17)25-32-22(15-34(25)3)26(27,28)29/h4-11,13-16H,12H2,1-3H3. The van der Waals surface area contributed by atoms with Crippen LogP contribution in [0.1, 0.15) is 42.3 Å². The maximum absolute atomic E-state index is 13.0. The average Bonchev–Trinajstić information content (AvgIpc) is 3.43.